The van der Waals surface area contributed by atoms with Crippen molar-refractivity contribution in [1.29, 1.82) is 0 Å². The van der Waals surface area contributed by atoms with Gasteiger partial charge in [-0.1, -0.05) is 6.92 Å². The van der Waals surface area contributed by atoms with Gasteiger partial charge in [0.15, 0.2) is 5.76 Å². The SMILES string of the molecule is CCc1ncc(C(=O)N[C@H]2CCCN(C(=O)c3ccco3)C2)cn1. The van der Waals surface area contributed by atoms with E-state index in [1.54, 1.807) is 17.0 Å². The maximum atomic E-state index is 12.3. The van der Waals surface area contributed by atoms with Crippen LogP contribution in [0.4, 0.5) is 0 Å². The number of hydrogen-bond acceptors (Lipinski definition) is 5. The highest BCUT2D eigenvalue weighted by Gasteiger charge is 2.27. The predicted octanol–water partition coefficient (Wildman–Crippen LogP) is 1.67. The first-order valence-corrected chi connectivity index (χ1v) is 8.12. The number of hydrogen-bond donors (Lipinski definition) is 1. The smallest absolute Gasteiger partial charge is 0.289 e. The van der Waals surface area contributed by atoms with Crippen LogP contribution in [0.2, 0.25) is 0 Å². The summed E-state index contributed by atoms with van der Waals surface area (Å²) in [5, 5.41) is 2.96. The minimum atomic E-state index is -0.213. The molecule has 3 rings (SSSR count). The number of amides is 2. The van der Waals surface area contributed by atoms with Gasteiger partial charge >= 0.3 is 0 Å². The van der Waals surface area contributed by atoms with Crippen LogP contribution < -0.4 is 5.32 Å². The first-order valence-electron chi connectivity index (χ1n) is 8.12. The molecule has 1 atom stereocenters. The molecule has 7 heteroatoms. The first-order chi connectivity index (χ1) is 11.7. The van der Waals surface area contributed by atoms with Gasteiger partial charge in [0, 0.05) is 37.9 Å². The largest absolute Gasteiger partial charge is 0.459 e. The molecule has 0 aliphatic carbocycles. The molecule has 3 heterocycles. The number of rotatable bonds is 4. The van der Waals surface area contributed by atoms with Crippen molar-refractivity contribution in [3.8, 4) is 0 Å². The number of furan rings is 1. The van der Waals surface area contributed by atoms with Crippen LogP contribution >= 0.6 is 0 Å². The van der Waals surface area contributed by atoms with Crippen molar-refractivity contribution in [3.05, 3.63) is 47.9 Å². The number of aromatic nitrogens is 2. The number of nitrogens with zero attached hydrogens (tertiary/aromatic N) is 3. The molecule has 0 saturated carbocycles. The number of nitrogens with one attached hydrogen (secondary N) is 1. The van der Waals surface area contributed by atoms with Crippen LogP contribution in [0, 0.1) is 0 Å². The second kappa shape index (κ2) is 7.25. The number of likely N-dealkylation sites (tertiary alicyclic amines) is 1. The van der Waals surface area contributed by atoms with E-state index in [4.69, 9.17) is 4.42 Å². The van der Waals surface area contributed by atoms with E-state index in [0.29, 0.717) is 30.2 Å². The van der Waals surface area contributed by atoms with Gasteiger partial charge in [-0.05, 0) is 25.0 Å². The van der Waals surface area contributed by atoms with E-state index < -0.39 is 0 Å². The van der Waals surface area contributed by atoms with Crippen molar-refractivity contribution < 1.29 is 14.0 Å². The van der Waals surface area contributed by atoms with E-state index >= 15 is 0 Å². The van der Waals surface area contributed by atoms with Crippen LogP contribution in [0.15, 0.2) is 35.2 Å². The summed E-state index contributed by atoms with van der Waals surface area (Å²) in [6.45, 7) is 3.10. The highest BCUT2D eigenvalue weighted by Crippen LogP contribution is 2.14. The molecule has 1 N–H and O–H groups in total. The quantitative estimate of drug-likeness (QED) is 0.922. The Balaban J connectivity index is 1.60. The van der Waals surface area contributed by atoms with Gasteiger partial charge in [0.05, 0.1) is 11.8 Å². The van der Waals surface area contributed by atoms with Crippen LogP contribution in [-0.2, 0) is 6.42 Å². The van der Waals surface area contributed by atoms with E-state index in [9.17, 15) is 9.59 Å². The lowest BCUT2D eigenvalue weighted by molar-refractivity contribution is 0.0647. The van der Waals surface area contributed by atoms with Crippen molar-refractivity contribution in [2.45, 2.75) is 32.2 Å². The van der Waals surface area contributed by atoms with Gasteiger partial charge in [-0.15, -0.1) is 0 Å². The van der Waals surface area contributed by atoms with Crippen molar-refractivity contribution in [2.24, 2.45) is 0 Å². The third-order valence-electron chi connectivity index (χ3n) is 4.06. The van der Waals surface area contributed by atoms with Gasteiger partial charge in [0.25, 0.3) is 11.8 Å². The van der Waals surface area contributed by atoms with Crippen molar-refractivity contribution in [2.75, 3.05) is 13.1 Å². The minimum absolute atomic E-state index is 0.0870. The Morgan fingerprint density at radius 1 is 1.38 bits per heavy atom. The van der Waals surface area contributed by atoms with Crippen LogP contribution in [0.5, 0.6) is 0 Å². The molecule has 126 valence electrons. The maximum Gasteiger partial charge on any atom is 0.289 e. The second-order valence-electron chi connectivity index (χ2n) is 5.78. The Kier molecular flexibility index (Phi) is 4.88. The normalized spacial score (nSPS) is 17.5. The van der Waals surface area contributed by atoms with Gasteiger partial charge in [-0.3, -0.25) is 9.59 Å². The summed E-state index contributed by atoms with van der Waals surface area (Å²) < 4.78 is 5.16. The molecule has 0 bridgehead atoms. The highest BCUT2D eigenvalue weighted by molar-refractivity contribution is 5.94. The fourth-order valence-electron chi connectivity index (χ4n) is 2.76. The average Bonchev–Trinajstić information content (AvgIpc) is 3.16. The summed E-state index contributed by atoms with van der Waals surface area (Å²) in [7, 11) is 0. The van der Waals surface area contributed by atoms with Gasteiger partial charge in [0.2, 0.25) is 0 Å². The fraction of sp³-hybridized carbons (Fsp3) is 0.412. The van der Waals surface area contributed by atoms with Crippen molar-refractivity contribution >= 4 is 11.8 Å². The molecule has 2 aromatic heterocycles. The van der Waals surface area contributed by atoms with E-state index in [2.05, 4.69) is 15.3 Å². The third-order valence-corrected chi connectivity index (χ3v) is 4.06. The fourth-order valence-corrected chi connectivity index (χ4v) is 2.76. The minimum Gasteiger partial charge on any atom is -0.459 e. The molecule has 2 amide bonds. The molecule has 1 fully saturated rings. The van der Waals surface area contributed by atoms with E-state index in [1.165, 1.54) is 18.7 Å². The van der Waals surface area contributed by atoms with Crippen LogP contribution in [0.3, 0.4) is 0 Å². The molecule has 0 unspecified atom stereocenters. The predicted molar refractivity (Wildman–Crippen MR) is 86.5 cm³/mol. The zero-order valence-corrected chi connectivity index (χ0v) is 13.6. The molecule has 1 aliphatic heterocycles. The zero-order chi connectivity index (χ0) is 16.9. The average molecular weight is 328 g/mol. The van der Waals surface area contributed by atoms with Crippen LogP contribution in [0.25, 0.3) is 0 Å². The maximum absolute atomic E-state index is 12.3. The summed E-state index contributed by atoms with van der Waals surface area (Å²) >= 11 is 0. The first kappa shape index (κ1) is 16.2. The van der Waals surface area contributed by atoms with Gasteiger partial charge in [-0.2, -0.15) is 0 Å². The Morgan fingerprint density at radius 2 is 2.17 bits per heavy atom. The van der Waals surface area contributed by atoms with Gasteiger partial charge in [-0.25, -0.2) is 9.97 Å². The monoisotopic (exact) mass is 328 g/mol. The molecule has 24 heavy (non-hydrogen) atoms. The van der Waals surface area contributed by atoms with E-state index in [1.807, 2.05) is 6.92 Å². The molecule has 7 nitrogen and oxygen atoms in total. The number of carbonyl (C=O) groups is 2. The lowest BCUT2D eigenvalue weighted by Crippen LogP contribution is -2.49. The zero-order valence-electron chi connectivity index (χ0n) is 13.6. The third kappa shape index (κ3) is 3.61. The molecule has 1 saturated heterocycles. The molecule has 0 aromatic carbocycles. The van der Waals surface area contributed by atoms with Crippen LogP contribution in [-0.4, -0.2) is 45.8 Å². The molecule has 0 spiro atoms. The summed E-state index contributed by atoms with van der Waals surface area (Å²) in [5.41, 5.74) is 0.432. The highest BCUT2D eigenvalue weighted by atomic mass is 16.3. The van der Waals surface area contributed by atoms with Gasteiger partial charge < -0.3 is 14.6 Å². The Hall–Kier alpha value is -2.70. The second-order valence-corrected chi connectivity index (χ2v) is 5.78. The standard InChI is InChI=1S/C17H20N4O3/c1-2-15-18-9-12(10-19-15)16(22)20-13-5-3-7-21(11-13)17(23)14-6-4-8-24-14/h4,6,8-10,13H,2-3,5,7,11H2,1H3,(H,20,22)/t13-/m0/s1. The Labute approximate surface area is 140 Å². The lowest BCUT2D eigenvalue weighted by Gasteiger charge is -2.32. The summed E-state index contributed by atoms with van der Waals surface area (Å²) in [4.78, 5) is 34.6. The van der Waals surface area contributed by atoms with Gasteiger partial charge in [0.1, 0.15) is 5.82 Å². The number of aryl methyl sites for hydroxylation is 1. The topological polar surface area (TPSA) is 88.3 Å². The lowest BCUT2D eigenvalue weighted by atomic mass is 10.0. The van der Waals surface area contributed by atoms with E-state index in [0.717, 1.165) is 19.3 Å². The van der Waals surface area contributed by atoms with E-state index in [-0.39, 0.29) is 17.9 Å². The molecule has 2 aromatic rings. The number of carbonyl (C=O) groups excluding carboxylic acids is 2. The van der Waals surface area contributed by atoms with Crippen molar-refractivity contribution in [3.63, 3.8) is 0 Å². The summed E-state index contributed by atoms with van der Waals surface area (Å²) in [6.07, 6.45) is 6.96. The molecule has 0 radical (unpaired) electrons. The van der Waals surface area contributed by atoms with Crippen molar-refractivity contribution in [1.82, 2.24) is 20.2 Å². The Bertz CT molecular complexity index is 697. The molecular formula is C17H20N4O3. The van der Waals surface area contributed by atoms with Crippen LogP contribution in [0.1, 0.15) is 46.5 Å². The number of piperidine rings is 1. The summed E-state index contributed by atoms with van der Waals surface area (Å²) in [6, 6.07) is 3.25. The molecule has 1 aliphatic rings. The Morgan fingerprint density at radius 3 is 2.83 bits per heavy atom. The molecular weight excluding hydrogens is 308 g/mol. The summed E-state index contributed by atoms with van der Waals surface area (Å²) in [5.74, 6) is 0.675.